The van der Waals surface area contributed by atoms with E-state index in [1.807, 2.05) is 0 Å². The topological polar surface area (TPSA) is 29.1 Å². The number of rotatable bonds is 5. The molecule has 0 aromatic rings. The largest absolute Gasteiger partial charge is 0.349 e. The Hall–Kier alpha value is 0.430. The first-order chi connectivity index (χ1) is 9.64. The molecule has 1 N–H and O–H groups in total. The Kier molecular flexibility index (Phi) is 6.40. The Labute approximate surface area is 140 Å². The van der Waals surface area contributed by atoms with Gasteiger partial charge in [-0.1, -0.05) is 64.5 Å². The zero-order chi connectivity index (χ0) is 14.6. The van der Waals surface area contributed by atoms with Gasteiger partial charge >= 0.3 is 0 Å². The van der Waals surface area contributed by atoms with Crippen LogP contribution in [-0.4, -0.2) is 22.1 Å². The summed E-state index contributed by atoms with van der Waals surface area (Å²) in [7, 11) is 0. The normalized spacial score (nSPS) is 30.6. The zero-order valence-electron chi connectivity index (χ0n) is 12.5. The van der Waals surface area contributed by atoms with Crippen LogP contribution in [0.25, 0.3) is 0 Å². The highest BCUT2D eigenvalue weighted by Gasteiger charge is 2.37. The van der Waals surface area contributed by atoms with Gasteiger partial charge in [0.15, 0.2) is 0 Å². The fraction of sp³-hybridized carbons (Fsp3) is 0.938. The lowest BCUT2D eigenvalue weighted by Crippen LogP contribution is -2.53. The lowest BCUT2D eigenvalue weighted by molar-refractivity contribution is -0.128. The Morgan fingerprint density at radius 3 is 2.35 bits per heavy atom. The molecule has 0 aromatic heterocycles. The van der Waals surface area contributed by atoms with E-state index in [4.69, 9.17) is 0 Å². The minimum absolute atomic E-state index is 0.125. The number of carbonyl (C=O) groups excluding carboxylic acids is 1. The molecule has 3 atom stereocenters. The molecule has 0 saturated heterocycles. The quantitative estimate of drug-likeness (QED) is 0.659. The summed E-state index contributed by atoms with van der Waals surface area (Å²) in [6.07, 6.45) is 9.98. The molecule has 2 saturated carbocycles. The van der Waals surface area contributed by atoms with Crippen molar-refractivity contribution < 1.29 is 4.79 Å². The van der Waals surface area contributed by atoms with Crippen molar-refractivity contribution in [2.24, 2.45) is 17.8 Å². The first-order valence-electron chi connectivity index (χ1n) is 8.08. The molecule has 2 aliphatic rings. The molecule has 0 aliphatic heterocycles. The van der Waals surface area contributed by atoms with Crippen molar-refractivity contribution in [3.63, 3.8) is 0 Å². The first kappa shape index (κ1) is 16.8. The summed E-state index contributed by atoms with van der Waals surface area (Å²) in [6, 6.07) is 0. The molecule has 0 aromatic carbocycles. The maximum absolute atomic E-state index is 12.6. The summed E-state index contributed by atoms with van der Waals surface area (Å²) < 4.78 is 0. The molecule has 1 amide bonds. The predicted molar refractivity (Wildman–Crippen MR) is 91.5 cm³/mol. The SMILES string of the molecule is CCC(CBr)(CBr)NC(=O)C1CCC2CCCCC2C1. The number of halogens is 2. The summed E-state index contributed by atoms with van der Waals surface area (Å²) in [4.78, 5) is 12.6. The van der Waals surface area contributed by atoms with Gasteiger partial charge in [-0.3, -0.25) is 4.79 Å². The van der Waals surface area contributed by atoms with Gasteiger partial charge in [-0.05, 0) is 37.5 Å². The standard InChI is InChI=1S/C16H27Br2NO/c1-2-16(10-17,11-18)19-15(20)14-8-7-12-5-3-4-6-13(12)9-14/h12-14H,2-11H2,1H3,(H,19,20). The van der Waals surface area contributed by atoms with Gasteiger partial charge in [0, 0.05) is 16.6 Å². The van der Waals surface area contributed by atoms with Crippen LogP contribution in [0.1, 0.15) is 58.3 Å². The second kappa shape index (κ2) is 7.62. The molecule has 2 fully saturated rings. The van der Waals surface area contributed by atoms with Crippen molar-refractivity contribution in [3.05, 3.63) is 0 Å². The van der Waals surface area contributed by atoms with Crippen LogP contribution >= 0.6 is 31.9 Å². The van der Waals surface area contributed by atoms with Crippen LogP contribution in [-0.2, 0) is 4.79 Å². The highest BCUT2D eigenvalue weighted by atomic mass is 79.9. The zero-order valence-corrected chi connectivity index (χ0v) is 15.6. The molecule has 20 heavy (non-hydrogen) atoms. The number of fused-ring (bicyclic) bond motifs is 1. The van der Waals surface area contributed by atoms with Crippen LogP contribution in [0.2, 0.25) is 0 Å². The Morgan fingerprint density at radius 2 is 1.75 bits per heavy atom. The van der Waals surface area contributed by atoms with Crippen molar-refractivity contribution in [1.29, 1.82) is 0 Å². The average molecular weight is 409 g/mol. The Bertz CT molecular complexity index is 322. The molecular weight excluding hydrogens is 382 g/mol. The van der Waals surface area contributed by atoms with Crippen molar-refractivity contribution in [3.8, 4) is 0 Å². The molecule has 4 heteroatoms. The summed E-state index contributed by atoms with van der Waals surface area (Å²) in [5, 5.41) is 4.94. The van der Waals surface area contributed by atoms with Gasteiger partial charge < -0.3 is 5.32 Å². The van der Waals surface area contributed by atoms with Crippen LogP contribution in [0, 0.1) is 17.8 Å². The molecule has 2 aliphatic carbocycles. The van der Waals surface area contributed by atoms with Gasteiger partial charge in [-0.2, -0.15) is 0 Å². The van der Waals surface area contributed by atoms with Crippen molar-refractivity contribution >= 4 is 37.8 Å². The monoisotopic (exact) mass is 407 g/mol. The molecule has 0 radical (unpaired) electrons. The number of carbonyl (C=O) groups is 1. The van der Waals surface area contributed by atoms with Gasteiger partial charge in [0.05, 0.1) is 5.54 Å². The number of hydrogen-bond donors (Lipinski definition) is 1. The van der Waals surface area contributed by atoms with E-state index in [-0.39, 0.29) is 17.4 Å². The van der Waals surface area contributed by atoms with E-state index >= 15 is 0 Å². The van der Waals surface area contributed by atoms with E-state index in [9.17, 15) is 4.79 Å². The lowest BCUT2D eigenvalue weighted by atomic mass is 9.67. The summed E-state index contributed by atoms with van der Waals surface area (Å²) in [5.74, 6) is 2.27. The smallest absolute Gasteiger partial charge is 0.223 e. The Balaban J connectivity index is 1.92. The third-order valence-corrected chi connectivity index (χ3v) is 7.63. The van der Waals surface area contributed by atoms with Crippen LogP contribution in [0.5, 0.6) is 0 Å². The van der Waals surface area contributed by atoms with Crippen molar-refractivity contribution in [2.45, 2.75) is 63.8 Å². The first-order valence-corrected chi connectivity index (χ1v) is 10.3. The molecule has 0 spiro atoms. The number of nitrogens with one attached hydrogen (secondary N) is 1. The number of hydrogen-bond acceptors (Lipinski definition) is 1. The summed E-state index contributed by atoms with van der Waals surface area (Å²) in [6.45, 7) is 2.14. The van der Waals surface area contributed by atoms with Crippen molar-refractivity contribution in [1.82, 2.24) is 5.32 Å². The van der Waals surface area contributed by atoms with Crippen LogP contribution < -0.4 is 5.32 Å². The van der Waals surface area contributed by atoms with Crippen LogP contribution in [0.3, 0.4) is 0 Å². The number of amides is 1. The predicted octanol–water partition coefficient (Wildman–Crippen LogP) is 4.65. The third-order valence-electron chi connectivity index (χ3n) is 5.49. The van der Waals surface area contributed by atoms with Crippen molar-refractivity contribution in [2.75, 3.05) is 10.7 Å². The van der Waals surface area contributed by atoms with Gasteiger partial charge in [-0.15, -0.1) is 0 Å². The van der Waals surface area contributed by atoms with Crippen LogP contribution in [0.15, 0.2) is 0 Å². The van der Waals surface area contributed by atoms with E-state index in [1.165, 1.54) is 32.1 Å². The third kappa shape index (κ3) is 3.79. The van der Waals surface area contributed by atoms with E-state index in [0.717, 1.165) is 41.8 Å². The van der Waals surface area contributed by atoms with Crippen LogP contribution in [0.4, 0.5) is 0 Å². The van der Waals surface area contributed by atoms with E-state index in [1.54, 1.807) is 0 Å². The van der Waals surface area contributed by atoms with E-state index in [2.05, 4.69) is 44.1 Å². The minimum Gasteiger partial charge on any atom is -0.349 e. The lowest BCUT2D eigenvalue weighted by Gasteiger charge is -2.40. The maximum Gasteiger partial charge on any atom is 0.223 e. The van der Waals surface area contributed by atoms with Gasteiger partial charge in [-0.25, -0.2) is 0 Å². The second-order valence-corrected chi connectivity index (χ2v) is 7.83. The average Bonchev–Trinajstić information content (AvgIpc) is 2.52. The molecule has 116 valence electrons. The second-order valence-electron chi connectivity index (χ2n) is 6.70. The van der Waals surface area contributed by atoms with E-state index < -0.39 is 0 Å². The minimum atomic E-state index is -0.125. The molecule has 2 rings (SSSR count). The van der Waals surface area contributed by atoms with E-state index in [0.29, 0.717) is 0 Å². The highest BCUT2D eigenvalue weighted by Crippen LogP contribution is 2.42. The maximum atomic E-state index is 12.6. The van der Waals surface area contributed by atoms with Gasteiger partial charge in [0.1, 0.15) is 0 Å². The molecule has 0 heterocycles. The molecular formula is C16H27Br2NO. The molecule has 2 nitrogen and oxygen atoms in total. The van der Waals surface area contributed by atoms with Gasteiger partial charge in [0.2, 0.25) is 5.91 Å². The highest BCUT2D eigenvalue weighted by molar-refractivity contribution is 9.09. The summed E-state index contributed by atoms with van der Waals surface area (Å²) in [5.41, 5.74) is -0.125. The fourth-order valence-corrected chi connectivity index (χ4v) is 5.86. The Morgan fingerprint density at radius 1 is 1.10 bits per heavy atom. The van der Waals surface area contributed by atoms with Gasteiger partial charge in [0.25, 0.3) is 0 Å². The molecule has 0 bridgehead atoms. The fourth-order valence-electron chi connectivity index (χ4n) is 3.85. The number of alkyl halides is 2. The molecule has 3 unspecified atom stereocenters. The summed E-state index contributed by atoms with van der Waals surface area (Å²) >= 11 is 7.11.